The number of carbonyl (C=O) groups is 1. The van der Waals surface area contributed by atoms with Crippen molar-refractivity contribution in [3.63, 3.8) is 0 Å². The molecule has 35 heavy (non-hydrogen) atoms. The van der Waals surface area contributed by atoms with E-state index in [0.29, 0.717) is 5.56 Å². The first-order valence-corrected chi connectivity index (χ1v) is 12.3. The molecule has 0 aliphatic heterocycles. The van der Waals surface area contributed by atoms with Gasteiger partial charge in [0.25, 0.3) is 0 Å². The van der Waals surface area contributed by atoms with E-state index in [4.69, 9.17) is 16.3 Å². The quantitative estimate of drug-likeness (QED) is 0.397. The molecule has 0 fully saturated rings. The van der Waals surface area contributed by atoms with Crippen molar-refractivity contribution in [2.24, 2.45) is 0 Å². The minimum Gasteiger partial charge on any atom is -0.492 e. The van der Waals surface area contributed by atoms with Gasteiger partial charge < -0.3 is 10.1 Å². The Bertz CT molecular complexity index is 1290. The lowest BCUT2D eigenvalue weighted by Gasteiger charge is -2.21. The molecular weight excluding hydrogens is 505 g/mol. The zero-order valence-electron chi connectivity index (χ0n) is 18.5. The van der Waals surface area contributed by atoms with Crippen LogP contribution in [0.25, 0.3) is 0 Å². The smallest absolute Gasteiger partial charge is 0.418 e. The van der Waals surface area contributed by atoms with Crippen LogP contribution in [0, 0.1) is 0 Å². The fourth-order valence-electron chi connectivity index (χ4n) is 3.31. The third-order valence-corrected chi connectivity index (χ3v) is 6.61. The second-order valence-corrected chi connectivity index (χ2v) is 9.54. The molecule has 186 valence electrons. The summed E-state index contributed by atoms with van der Waals surface area (Å²) in [7, 11) is -4.37. The van der Waals surface area contributed by atoms with Crippen molar-refractivity contribution in [3.05, 3.63) is 88.9 Å². The van der Waals surface area contributed by atoms with Crippen LogP contribution in [0.2, 0.25) is 5.02 Å². The van der Waals surface area contributed by atoms with Crippen LogP contribution in [-0.2, 0) is 27.4 Å². The van der Waals surface area contributed by atoms with Crippen LogP contribution in [0.3, 0.4) is 0 Å². The molecule has 2 N–H and O–H groups in total. The van der Waals surface area contributed by atoms with E-state index in [0.717, 1.165) is 12.1 Å². The number of carbonyl (C=O) groups excluding carboxylic acids is 1. The summed E-state index contributed by atoms with van der Waals surface area (Å²) in [6.45, 7) is 1.84. The molecule has 3 aromatic carbocycles. The predicted octanol–water partition coefficient (Wildman–Crippen LogP) is 5.29. The molecule has 0 spiro atoms. The number of sulfonamides is 1. The highest BCUT2D eigenvalue weighted by atomic mass is 35.5. The Morgan fingerprint density at radius 1 is 1.03 bits per heavy atom. The van der Waals surface area contributed by atoms with E-state index in [-0.39, 0.29) is 28.7 Å². The van der Waals surface area contributed by atoms with Gasteiger partial charge in [-0.25, -0.2) is 8.42 Å². The highest BCUT2D eigenvalue weighted by Crippen LogP contribution is 2.35. The van der Waals surface area contributed by atoms with Gasteiger partial charge in [-0.3, -0.25) is 4.79 Å². The highest BCUT2D eigenvalue weighted by Gasteiger charge is 2.35. The molecule has 1 unspecified atom stereocenters. The zero-order valence-corrected chi connectivity index (χ0v) is 20.0. The molecule has 1 atom stereocenters. The van der Waals surface area contributed by atoms with E-state index in [1.165, 1.54) is 30.3 Å². The lowest BCUT2D eigenvalue weighted by atomic mass is 10.1. The lowest BCUT2D eigenvalue weighted by molar-refractivity contribution is -0.137. The molecule has 0 bridgehead atoms. The summed E-state index contributed by atoms with van der Waals surface area (Å²) >= 11 is 5.99. The Labute approximate surface area is 206 Å². The van der Waals surface area contributed by atoms with Gasteiger partial charge in [0.05, 0.1) is 17.9 Å². The average Bonchev–Trinajstić information content (AvgIpc) is 2.80. The molecule has 0 aliphatic carbocycles. The summed E-state index contributed by atoms with van der Waals surface area (Å²) < 4.78 is 74.4. The van der Waals surface area contributed by atoms with Crippen LogP contribution in [0.15, 0.2) is 77.7 Å². The maximum atomic E-state index is 13.4. The molecule has 3 aromatic rings. The molecule has 0 heterocycles. The van der Waals surface area contributed by atoms with Gasteiger partial charge in [-0.05, 0) is 49.2 Å². The number of benzene rings is 3. The first-order chi connectivity index (χ1) is 16.5. The van der Waals surface area contributed by atoms with E-state index >= 15 is 0 Å². The first-order valence-electron chi connectivity index (χ1n) is 10.5. The summed E-state index contributed by atoms with van der Waals surface area (Å²) in [5.41, 5.74) is -0.946. The van der Waals surface area contributed by atoms with Crippen molar-refractivity contribution in [2.45, 2.75) is 30.5 Å². The maximum Gasteiger partial charge on any atom is 0.418 e. The topological polar surface area (TPSA) is 84.5 Å². The normalized spacial score (nSPS) is 12.7. The molecule has 11 heteroatoms. The van der Waals surface area contributed by atoms with Crippen molar-refractivity contribution >= 4 is 33.2 Å². The minimum atomic E-state index is -4.72. The van der Waals surface area contributed by atoms with Crippen LogP contribution < -0.4 is 14.8 Å². The second-order valence-electron chi connectivity index (χ2n) is 7.42. The molecule has 3 rings (SSSR count). The number of hydrogen-bond donors (Lipinski definition) is 2. The Morgan fingerprint density at radius 3 is 2.34 bits per heavy atom. The number of nitrogens with one attached hydrogen (secondary N) is 2. The number of anilines is 1. The largest absolute Gasteiger partial charge is 0.492 e. The van der Waals surface area contributed by atoms with Crippen LogP contribution in [0.4, 0.5) is 18.9 Å². The van der Waals surface area contributed by atoms with E-state index in [1.807, 2.05) is 0 Å². The van der Waals surface area contributed by atoms with Crippen LogP contribution in [-0.4, -0.2) is 27.0 Å². The average molecular weight is 527 g/mol. The highest BCUT2D eigenvalue weighted by molar-refractivity contribution is 7.89. The van der Waals surface area contributed by atoms with Gasteiger partial charge in [0.2, 0.25) is 15.9 Å². The molecular formula is C24H22ClF3N2O4S. The van der Waals surface area contributed by atoms with E-state index in [1.54, 1.807) is 37.3 Å². The summed E-state index contributed by atoms with van der Waals surface area (Å²) in [6.07, 6.45) is -4.84. The van der Waals surface area contributed by atoms with Gasteiger partial charge in [0, 0.05) is 5.02 Å². The van der Waals surface area contributed by atoms with E-state index < -0.39 is 39.4 Å². The van der Waals surface area contributed by atoms with Crippen LogP contribution in [0.5, 0.6) is 5.75 Å². The maximum absolute atomic E-state index is 13.4. The molecule has 6 nitrogen and oxygen atoms in total. The van der Waals surface area contributed by atoms with Gasteiger partial charge in [0.1, 0.15) is 16.7 Å². The summed E-state index contributed by atoms with van der Waals surface area (Å²) in [6, 6.07) is 15.5. The Morgan fingerprint density at radius 2 is 1.69 bits per heavy atom. The second kappa shape index (κ2) is 11.1. The van der Waals surface area contributed by atoms with Crippen molar-refractivity contribution in [1.29, 1.82) is 0 Å². The number of rotatable bonds is 9. The standard InChI is InChI=1S/C24H22ClF3N2O4S/c1-2-34-21-13-12-17(25)15-22(21)35(32,33)30-20(14-16-8-4-3-5-9-16)23(31)29-19-11-7-6-10-18(19)24(26,27)28/h3-13,15,20,30H,2,14H2,1H3,(H,29,31). The lowest BCUT2D eigenvalue weighted by Crippen LogP contribution is -2.45. The van der Waals surface area contributed by atoms with Gasteiger partial charge in [-0.1, -0.05) is 54.1 Å². The van der Waals surface area contributed by atoms with Crippen LogP contribution in [0.1, 0.15) is 18.1 Å². The fourth-order valence-corrected chi connectivity index (χ4v) is 4.92. The van der Waals surface area contributed by atoms with E-state index in [2.05, 4.69) is 10.0 Å². The predicted molar refractivity (Wildman–Crippen MR) is 127 cm³/mol. The SMILES string of the molecule is CCOc1ccc(Cl)cc1S(=O)(=O)NC(Cc1ccccc1)C(=O)Nc1ccccc1C(F)(F)F. The number of para-hydroxylation sites is 1. The Balaban J connectivity index is 1.97. The van der Waals surface area contributed by atoms with Crippen molar-refractivity contribution in [1.82, 2.24) is 4.72 Å². The molecule has 0 radical (unpaired) electrons. The number of halogens is 4. The van der Waals surface area contributed by atoms with Crippen molar-refractivity contribution in [3.8, 4) is 5.75 Å². The third kappa shape index (κ3) is 6.97. The molecule has 1 amide bonds. The molecule has 0 saturated heterocycles. The third-order valence-electron chi connectivity index (χ3n) is 4.88. The molecule has 0 saturated carbocycles. The summed E-state index contributed by atoms with van der Waals surface area (Å²) in [5.74, 6) is -0.945. The first kappa shape index (κ1) is 26.5. The number of amides is 1. The summed E-state index contributed by atoms with van der Waals surface area (Å²) in [4.78, 5) is 12.8. The fraction of sp³-hybridized carbons (Fsp3) is 0.208. The molecule has 0 aromatic heterocycles. The van der Waals surface area contributed by atoms with Gasteiger partial charge >= 0.3 is 6.18 Å². The van der Waals surface area contributed by atoms with Crippen LogP contribution >= 0.6 is 11.6 Å². The Kier molecular flexibility index (Phi) is 8.42. The van der Waals surface area contributed by atoms with Crippen molar-refractivity contribution < 1.29 is 31.1 Å². The number of hydrogen-bond acceptors (Lipinski definition) is 4. The monoisotopic (exact) mass is 526 g/mol. The van der Waals surface area contributed by atoms with Gasteiger partial charge in [-0.15, -0.1) is 0 Å². The van der Waals surface area contributed by atoms with Gasteiger partial charge in [-0.2, -0.15) is 17.9 Å². The molecule has 0 aliphatic rings. The Hall–Kier alpha value is -3.08. The van der Waals surface area contributed by atoms with E-state index in [9.17, 15) is 26.4 Å². The van der Waals surface area contributed by atoms with Gasteiger partial charge in [0.15, 0.2) is 0 Å². The van der Waals surface area contributed by atoms with Crippen molar-refractivity contribution in [2.75, 3.05) is 11.9 Å². The zero-order chi connectivity index (χ0) is 25.6. The number of alkyl halides is 3. The number of ether oxygens (including phenoxy) is 1. The minimum absolute atomic E-state index is 0.0192. The summed E-state index contributed by atoms with van der Waals surface area (Å²) in [5, 5.41) is 2.34.